The fourth-order valence-corrected chi connectivity index (χ4v) is 0. The van der Waals surface area contributed by atoms with Gasteiger partial charge in [0.1, 0.15) is 0 Å². The van der Waals surface area contributed by atoms with E-state index in [9.17, 15) is 0 Å². The van der Waals surface area contributed by atoms with Gasteiger partial charge in [0.05, 0.1) is 0 Å². The smallest absolute Gasteiger partial charge is 0.300 e. The molecule has 0 aromatic heterocycles. The standard InChI is InChI=1S/C2H4O2.BrH.2Ni/c1-2(3)4;;;/h1H3,(H,3,4);1H;;. The first kappa shape index (κ1) is 24.6. The molecule has 0 saturated carbocycles. The van der Waals surface area contributed by atoms with Crippen molar-refractivity contribution in [3.8, 4) is 0 Å². The zero-order valence-corrected chi connectivity index (χ0v) is 7.08. The number of rotatable bonds is 0. The molecule has 0 amide bonds. The number of carboxylic acids is 1. The van der Waals surface area contributed by atoms with E-state index >= 15 is 0 Å². The average molecular weight is 258 g/mol. The Morgan fingerprint density at radius 3 is 1.43 bits per heavy atom. The van der Waals surface area contributed by atoms with Gasteiger partial charge in [-0.1, -0.05) is 0 Å². The zero-order chi connectivity index (χ0) is 3.58. The molecular formula is C2H5BrNi2O2. The third kappa shape index (κ3) is 193. The largest absolute Gasteiger partial charge is 0.481 e. The van der Waals surface area contributed by atoms with Crippen LogP contribution in [0.1, 0.15) is 6.92 Å². The Morgan fingerprint density at radius 2 is 1.43 bits per heavy atom. The van der Waals surface area contributed by atoms with Gasteiger partial charge in [-0.2, -0.15) is 0 Å². The minimum absolute atomic E-state index is 0. The molecule has 7 heavy (non-hydrogen) atoms. The summed E-state index contributed by atoms with van der Waals surface area (Å²) in [5.74, 6) is -0.833. The molecule has 0 aromatic rings. The van der Waals surface area contributed by atoms with Crippen LogP contribution in [-0.2, 0) is 37.8 Å². The summed E-state index contributed by atoms with van der Waals surface area (Å²) in [4.78, 5) is 9.00. The van der Waals surface area contributed by atoms with E-state index < -0.39 is 5.97 Å². The van der Waals surface area contributed by atoms with Gasteiger partial charge >= 0.3 is 0 Å². The first-order chi connectivity index (χ1) is 1.73. The molecule has 0 spiro atoms. The summed E-state index contributed by atoms with van der Waals surface area (Å²) < 4.78 is 0. The second kappa shape index (κ2) is 15.8. The second-order valence-electron chi connectivity index (χ2n) is 0.519. The Hall–Kier alpha value is 0.937. The molecule has 0 saturated heterocycles. The molecule has 0 bridgehead atoms. The fraction of sp³-hybridized carbons (Fsp3) is 0.500. The Bertz CT molecular complexity index is 36.7. The van der Waals surface area contributed by atoms with Crippen LogP contribution in [0.3, 0.4) is 0 Å². The normalized spacial score (nSPS) is 3.57. The van der Waals surface area contributed by atoms with Crippen molar-refractivity contribution in [2.45, 2.75) is 6.92 Å². The van der Waals surface area contributed by atoms with E-state index in [-0.39, 0.29) is 50.0 Å². The molecule has 0 aromatic carbocycles. The van der Waals surface area contributed by atoms with Gasteiger partial charge < -0.3 is 5.11 Å². The summed E-state index contributed by atoms with van der Waals surface area (Å²) in [5, 5.41) is 7.42. The minimum Gasteiger partial charge on any atom is -0.481 e. The molecule has 0 rings (SSSR count). The summed E-state index contributed by atoms with van der Waals surface area (Å²) >= 11 is 0. The van der Waals surface area contributed by atoms with Gasteiger partial charge in [-0.15, -0.1) is 17.0 Å². The van der Waals surface area contributed by atoms with Crippen LogP contribution in [0, 0.1) is 0 Å². The Balaban J connectivity index is -0.0000000150. The number of hydrogen-bond acceptors (Lipinski definition) is 1. The molecule has 0 aliphatic carbocycles. The van der Waals surface area contributed by atoms with E-state index in [0.29, 0.717) is 0 Å². The molecule has 5 heteroatoms. The van der Waals surface area contributed by atoms with E-state index in [4.69, 9.17) is 9.90 Å². The molecule has 0 heterocycles. The maximum absolute atomic E-state index is 9.00. The van der Waals surface area contributed by atoms with Crippen LogP contribution in [0.15, 0.2) is 0 Å². The van der Waals surface area contributed by atoms with Crippen molar-refractivity contribution in [3.63, 3.8) is 0 Å². The molecule has 0 radical (unpaired) electrons. The van der Waals surface area contributed by atoms with Gasteiger partial charge in [0, 0.05) is 39.9 Å². The van der Waals surface area contributed by atoms with Crippen LogP contribution in [0.25, 0.3) is 0 Å². The quantitative estimate of drug-likeness (QED) is 0.648. The topological polar surface area (TPSA) is 37.3 Å². The average Bonchev–Trinajstić information content (AvgIpc) is 0.811. The Kier molecular flexibility index (Phi) is 55.5. The molecule has 0 unspecified atom stereocenters. The zero-order valence-electron chi connectivity index (χ0n) is 3.40. The molecule has 52 valence electrons. The van der Waals surface area contributed by atoms with Crippen LogP contribution in [0.2, 0.25) is 0 Å². The maximum atomic E-state index is 9.00. The molecule has 0 fully saturated rings. The van der Waals surface area contributed by atoms with E-state index in [2.05, 4.69) is 0 Å². The summed E-state index contributed by atoms with van der Waals surface area (Å²) in [5.41, 5.74) is 0. The summed E-state index contributed by atoms with van der Waals surface area (Å²) in [6.45, 7) is 1.08. The van der Waals surface area contributed by atoms with Crippen molar-refractivity contribution in [2.75, 3.05) is 0 Å². The van der Waals surface area contributed by atoms with E-state index in [1.54, 1.807) is 0 Å². The maximum Gasteiger partial charge on any atom is 0.300 e. The van der Waals surface area contributed by atoms with E-state index in [1.165, 1.54) is 0 Å². The first-order valence-corrected chi connectivity index (χ1v) is 0.928. The van der Waals surface area contributed by atoms with Gasteiger partial charge in [-0.25, -0.2) is 0 Å². The second-order valence-corrected chi connectivity index (χ2v) is 0.519. The molecular weight excluding hydrogens is 253 g/mol. The summed E-state index contributed by atoms with van der Waals surface area (Å²) in [6, 6.07) is 0. The van der Waals surface area contributed by atoms with Crippen LogP contribution in [0.5, 0.6) is 0 Å². The molecule has 0 aliphatic heterocycles. The van der Waals surface area contributed by atoms with Crippen LogP contribution < -0.4 is 0 Å². The van der Waals surface area contributed by atoms with Crippen molar-refractivity contribution >= 4 is 23.0 Å². The van der Waals surface area contributed by atoms with Crippen molar-refractivity contribution in [3.05, 3.63) is 0 Å². The molecule has 2 nitrogen and oxygen atoms in total. The predicted molar refractivity (Wildman–Crippen MR) is 23.6 cm³/mol. The minimum atomic E-state index is -0.833. The molecule has 0 aliphatic rings. The van der Waals surface area contributed by atoms with E-state index in [0.717, 1.165) is 6.92 Å². The number of halogens is 1. The first-order valence-electron chi connectivity index (χ1n) is 0.928. The van der Waals surface area contributed by atoms with E-state index in [1.807, 2.05) is 0 Å². The Labute approximate surface area is 72.7 Å². The molecule has 0 atom stereocenters. The van der Waals surface area contributed by atoms with Gasteiger partial charge in [-0.3, -0.25) is 4.79 Å². The van der Waals surface area contributed by atoms with Gasteiger partial charge in [-0.05, 0) is 0 Å². The predicted octanol–water partition coefficient (Wildman–Crippen LogP) is 0.664. The van der Waals surface area contributed by atoms with Crippen LogP contribution in [0.4, 0.5) is 0 Å². The van der Waals surface area contributed by atoms with Crippen molar-refractivity contribution in [2.24, 2.45) is 0 Å². The number of carboxylic acid groups (broad SMARTS) is 1. The summed E-state index contributed by atoms with van der Waals surface area (Å²) in [7, 11) is 0. The number of aliphatic carboxylic acids is 1. The van der Waals surface area contributed by atoms with Crippen molar-refractivity contribution < 1.29 is 42.9 Å². The van der Waals surface area contributed by atoms with Crippen molar-refractivity contribution in [1.82, 2.24) is 0 Å². The number of carbonyl (C=O) groups is 1. The third-order valence-electron chi connectivity index (χ3n) is 0. The van der Waals surface area contributed by atoms with Crippen LogP contribution in [-0.4, -0.2) is 11.1 Å². The Morgan fingerprint density at radius 1 is 1.43 bits per heavy atom. The monoisotopic (exact) mass is 256 g/mol. The number of hydrogen-bond donors (Lipinski definition) is 1. The van der Waals surface area contributed by atoms with Gasteiger partial charge in [0.15, 0.2) is 0 Å². The SMILES string of the molecule is Br.CC(=O)O.[Ni].[Ni]. The van der Waals surface area contributed by atoms with Gasteiger partial charge in [0.2, 0.25) is 0 Å². The molecule has 1 N–H and O–H groups in total. The van der Waals surface area contributed by atoms with Crippen molar-refractivity contribution in [1.29, 1.82) is 0 Å². The fourth-order valence-electron chi connectivity index (χ4n) is 0. The summed E-state index contributed by atoms with van der Waals surface area (Å²) in [6.07, 6.45) is 0. The third-order valence-corrected chi connectivity index (χ3v) is 0. The van der Waals surface area contributed by atoms with Gasteiger partial charge in [0.25, 0.3) is 5.97 Å². The van der Waals surface area contributed by atoms with Crippen LogP contribution >= 0.6 is 17.0 Å².